The zero-order valence-electron chi connectivity index (χ0n) is 11.6. The number of carbonyl (C=O) groups excluding carboxylic acids is 1. The number of pyridine rings is 1. The molecule has 1 aliphatic rings. The predicted octanol–water partition coefficient (Wildman–Crippen LogP) is 2.06. The maximum absolute atomic E-state index is 12.5. The van der Waals surface area contributed by atoms with Gasteiger partial charge in [0.25, 0.3) is 5.91 Å². The first-order chi connectivity index (χ1) is 10.6. The second-order valence-electron chi connectivity index (χ2n) is 4.90. The normalized spacial score (nSPS) is 18.2. The molecule has 1 atom stereocenters. The summed E-state index contributed by atoms with van der Waals surface area (Å²) in [6.45, 7) is 1.36. The maximum atomic E-state index is 12.5. The molecule has 1 aliphatic heterocycles. The van der Waals surface area contributed by atoms with E-state index >= 15 is 0 Å². The Hall–Kier alpha value is -2.25. The molecule has 1 fully saturated rings. The highest BCUT2D eigenvalue weighted by Gasteiger charge is 2.27. The highest BCUT2D eigenvalue weighted by molar-refractivity contribution is 7.07. The standard InChI is InChI=1S/C15H14N2O4S/c18-14(12-7-10(15(19)20)1-3-16-12)17-4-5-21-13(8-17)11-2-6-22-9-11/h1-3,6-7,9,13H,4-5,8H2,(H,19,20). The van der Waals surface area contributed by atoms with Crippen LogP contribution in [-0.4, -0.2) is 46.6 Å². The molecule has 0 aromatic carbocycles. The molecule has 22 heavy (non-hydrogen) atoms. The predicted molar refractivity (Wildman–Crippen MR) is 80.1 cm³/mol. The fraction of sp³-hybridized carbons (Fsp3) is 0.267. The van der Waals surface area contributed by atoms with Crippen LogP contribution in [0.4, 0.5) is 0 Å². The molecule has 2 aromatic rings. The van der Waals surface area contributed by atoms with Crippen LogP contribution in [0.1, 0.15) is 32.5 Å². The Kier molecular flexibility index (Phi) is 4.17. The Morgan fingerprint density at radius 2 is 2.27 bits per heavy atom. The Balaban J connectivity index is 1.77. The molecule has 2 aromatic heterocycles. The molecule has 0 bridgehead atoms. The number of hydrogen-bond acceptors (Lipinski definition) is 5. The molecule has 1 unspecified atom stereocenters. The highest BCUT2D eigenvalue weighted by Crippen LogP contribution is 2.24. The van der Waals surface area contributed by atoms with Gasteiger partial charge in [-0.1, -0.05) is 0 Å². The monoisotopic (exact) mass is 318 g/mol. The summed E-state index contributed by atoms with van der Waals surface area (Å²) in [5.74, 6) is -1.35. The van der Waals surface area contributed by atoms with Gasteiger partial charge in [0.2, 0.25) is 0 Å². The van der Waals surface area contributed by atoms with Crippen LogP contribution in [0.15, 0.2) is 35.2 Å². The summed E-state index contributed by atoms with van der Waals surface area (Å²) in [5, 5.41) is 13.0. The van der Waals surface area contributed by atoms with Gasteiger partial charge in [-0.15, -0.1) is 0 Å². The number of aromatic carboxylic acids is 1. The van der Waals surface area contributed by atoms with E-state index < -0.39 is 5.97 Å². The van der Waals surface area contributed by atoms with Crippen molar-refractivity contribution in [3.63, 3.8) is 0 Å². The van der Waals surface area contributed by atoms with Crippen LogP contribution in [0.5, 0.6) is 0 Å². The van der Waals surface area contributed by atoms with E-state index in [1.807, 2.05) is 16.8 Å². The van der Waals surface area contributed by atoms with Crippen LogP contribution in [0.3, 0.4) is 0 Å². The molecule has 3 rings (SSSR count). The van der Waals surface area contributed by atoms with Gasteiger partial charge in [0.15, 0.2) is 0 Å². The van der Waals surface area contributed by atoms with Gasteiger partial charge in [0.05, 0.1) is 18.7 Å². The molecule has 1 amide bonds. The number of thiophene rings is 1. The van der Waals surface area contributed by atoms with Crippen molar-refractivity contribution in [2.75, 3.05) is 19.7 Å². The number of amides is 1. The minimum Gasteiger partial charge on any atom is -0.478 e. The molecule has 7 heteroatoms. The van der Waals surface area contributed by atoms with Gasteiger partial charge in [-0.2, -0.15) is 11.3 Å². The molecule has 0 saturated carbocycles. The largest absolute Gasteiger partial charge is 0.478 e. The molecule has 1 saturated heterocycles. The van der Waals surface area contributed by atoms with E-state index in [4.69, 9.17) is 9.84 Å². The third-order valence-corrected chi connectivity index (χ3v) is 4.20. The first-order valence-electron chi connectivity index (χ1n) is 6.77. The van der Waals surface area contributed by atoms with Crippen molar-refractivity contribution in [2.24, 2.45) is 0 Å². The lowest BCUT2D eigenvalue weighted by Gasteiger charge is -2.32. The smallest absolute Gasteiger partial charge is 0.335 e. The molecule has 114 valence electrons. The third kappa shape index (κ3) is 3.00. The zero-order valence-corrected chi connectivity index (χ0v) is 12.5. The fourth-order valence-electron chi connectivity index (χ4n) is 2.34. The molecule has 0 aliphatic carbocycles. The lowest BCUT2D eigenvalue weighted by atomic mass is 10.1. The van der Waals surface area contributed by atoms with Crippen molar-refractivity contribution >= 4 is 23.2 Å². The molecular weight excluding hydrogens is 304 g/mol. The van der Waals surface area contributed by atoms with Crippen LogP contribution < -0.4 is 0 Å². The number of carboxylic acids is 1. The lowest BCUT2D eigenvalue weighted by molar-refractivity contribution is -0.0228. The number of morpholine rings is 1. The molecular formula is C15H14N2O4S. The van der Waals surface area contributed by atoms with Crippen molar-refractivity contribution < 1.29 is 19.4 Å². The number of hydrogen-bond donors (Lipinski definition) is 1. The van der Waals surface area contributed by atoms with Crippen molar-refractivity contribution in [1.82, 2.24) is 9.88 Å². The summed E-state index contributed by atoms with van der Waals surface area (Å²) < 4.78 is 5.70. The maximum Gasteiger partial charge on any atom is 0.335 e. The van der Waals surface area contributed by atoms with Gasteiger partial charge in [-0.3, -0.25) is 9.78 Å². The first kappa shape index (κ1) is 14.7. The average molecular weight is 318 g/mol. The van der Waals surface area contributed by atoms with Gasteiger partial charge in [0, 0.05) is 12.7 Å². The van der Waals surface area contributed by atoms with E-state index in [1.54, 1.807) is 16.2 Å². The van der Waals surface area contributed by atoms with Gasteiger partial charge in [-0.25, -0.2) is 4.79 Å². The quantitative estimate of drug-likeness (QED) is 0.937. The number of ether oxygens (including phenoxy) is 1. The number of nitrogens with zero attached hydrogens (tertiary/aromatic N) is 2. The first-order valence-corrected chi connectivity index (χ1v) is 7.72. The number of rotatable bonds is 3. The molecule has 6 nitrogen and oxygen atoms in total. The van der Waals surface area contributed by atoms with Crippen LogP contribution in [0, 0.1) is 0 Å². The van der Waals surface area contributed by atoms with Crippen LogP contribution >= 0.6 is 11.3 Å². The minimum atomic E-state index is -1.07. The highest BCUT2D eigenvalue weighted by atomic mass is 32.1. The second kappa shape index (κ2) is 6.25. The van der Waals surface area contributed by atoms with E-state index in [0.29, 0.717) is 19.7 Å². The summed E-state index contributed by atoms with van der Waals surface area (Å²) in [6.07, 6.45) is 1.19. The van der Waals surface area contributed by atoms with Crippen molar-refractivity contribution in [2.45, 2.75) is 6.10 Å². The van der Waals surface area contributed by atoms with E-state index in [2.05, 4.69) is 4.98 Å². The summed E-state index contributed by atoms with van der Waals surface area (Å²) in [4.78, 5) is 29.1. The average Bonchev–Trinajstić information content (AvgIpc) is 3.09. The summed E-state index contributed by atoms with van der Waals surface area (Å²) in [5.41, 5.74) is 1.25. The van der Waals surface area contributed by atoms with Crippen LogP contribution in [0.25, 0.3) is 0 Å². The SMILES string of the molecule is O=C(O)c1ccnc(C(=O)N2CCOC(c3ccsc3)C2)c1. The Labute approximate surface area is 131 Å². The lowest BCUT2D eigenvalue weighted by Crippen LogP contribution is -2.42. The van der Waals surface area contributed by atoms with Gasteiger partial charge in [0.1, 0.15) is 11.8 Å². The molecule has 3 heterocycles. The summed E-state index contributed by atoms with van der Waals surface area (Å²) >= 11 is 1.58. The zero-order chi connectivity index (χ0) is 15.5. The number of aromatic nitrogens is 1. The van der Waals surface area contributed by atoms with Crippen molar-refractivity contribution in [3.05, 3.63) is 52.0 Å². The van der Waals surface area contributed by atoms with Gasteiger partial charge in [-0.05, 0) is 34.5 Å². The molecule has 0 spiro atoms. The van der Waals surface area contributed by atoms with E-state index in [0.717, 1.165) is 5.56 Å². The number of carbonyl (C=O) groups is 2. The molecule has 0 radical (unpaired) electrons. The van der Waals surface area contributed by atoms with E-state index in [9.17, 15) is 9.59 Å². The summed E-state index contributed by atoms with van der Waals surface area (Å²) in [6, 6.07) is 4.65. The minimum absolute atomic E-state index is 0.0565. The fourth-order valence-corrected chi connectivity index (χ4v) is 3.04. The van der Waals surface area contributed by atoms with Gasteiger partial charge < -0.3 is 14.7 Å². The Bertz CT molecular complexity index is 687. The second-order valence-corrected chi connectivity index (χ2v) is 5.68. The number of carboxylic acid groups (broad SMARTS) is 1. The third-order valence-electron chi connectivity index (χ3n) is 3.49. The summed E-state index contributed by atoms with van der Waals surface area (Å²) in [7, 11) is 0. The van der Waals surface area contributed by atoms with E-state index in [1.165, 1.54) is 18.3 Å². The topological polar surface area (TPSA) is 79.7 Å². The van der Waals surface area contributed by atoms with Crippen molar-refractivity contribution in [1.29, 1.82) is 0 Å². The van der Waals surface area contributed by atoms with Crippen LogP contribution in [-0.2, 0) is 4.74 Å². The Morgan fingerprint density at radius 1 is 1.41 bits per heavy atom. The van der Waals surface area contributed by atoms with Gasteiger partial charge >= 0.3 is 5.97 Å². The van der Waals surface area contributed by atoms with E-state index in [-0.39, 0.29) is 23.3 Å². The Morgan fingerprint density at radius 3 is 3.00 bits per heavy atom. The van der Waals surface area contributed by atoms with Crippen molar-refractivity contribution in [3.8, 4) is 0 Å². The van der Waals surface area contributed by atoms with Crippen LogP contribution in [0.2, 0.25) is 0 Å². The molecule has 1 N–H and O–H groups in total.